The van der Waals surface area contributed by atoms with Crippen LogP contribution in [0.3, 0.4) is 0 Å². The Labute approximate surface area is 200 Å². The molecule has 0 aliphatic rings. The fraction of sp³-hybridized carbons (Fsp3) is 0.231. The van der Waals surface area contributed by atoms with Gasteiger partial charge in [-0.1, -0.05) is 42.0 Å². The Morgan fingerprint density at radius 1 is 0.882 bits per heavy atom. The highest BCUT2D eigenvalue weighted by molar-refractivity contribution is 7.89. The van der Waals surface area contributed by atoms with E-state index in [0.717, 1.165) is 16.9 Å². The van der Waals surface area contributed by atoms with Crippen LogP contribution in [-0.2, 0) is 16.6 Å². The molecule has 8 heteroatoms. The number of aryl methyl sites for hydroxylation is 2. The second-order valence-electron chi connectivity index (χ2n) is 7.98. The summed E-state index contributed by atoms with van der Waals surface area (Å²) in [6.45, 7) is 6.20. The average Bonchev–Trinajstić information content (AvgIpc) is 2.82. The quantitative estimate of drug-likeness (QED) is 0.340. The number of benzene rings is 3. The van der Waals surface area contributed by atoms with Crippen molar-refractivity contribution in [1.82, 2.24) is 10.0 Å². The van der Waals surface area contributed by atoms with Gasteiger partial charge in [0.1, 0.15) is 12.4 Å². The molecule has 34 heavy (non-hydrogen) atoms. The van der Waals surface area contributed by atoms with Gasteiger partial charge in [0.05, 0.1) is 11.4 Å². The number of ketones is 1. The summed E-state index contributed by atoms with van der Waals surface area (Å²) in [7, 11) is -3.73. The van der Waals surface area contributed by atoms with Crippen molar-refractivity contribution in [3.63, 3.8) is 0 Å². The molecule has 0 atom stereocenters. The number of hydrogen-bond acceptors (Lipinski definition) is 5. The van der Waals surface area contributed by atoms with Crippen LogP contribution in [0.2, 0.25) is 0 Å². The van der Waals surface area contributed by atoms with Crippen LogP contribution in [0.4, 0.5) is 0 Å². The van der Waals surface area contributed by atoms with Gasteiger partial charge in [-0.05, 0) is 62.2 Å². The SMILES string of the molecule is CC(=O)c1ccc(S(=O)(=O)NCc2ccc(C(=O)NCCOc3ccc(C)cc3C)cc2)cc1. The van der Waals surface area contributed by atoms with E-state index in [-0.39, 0.29) is 23.1 Å². The Hall–Kier alpha value is -3.49. The van der Waals surface area contributed by atoms with Gasteiger partial charge in [0.25, 0.3) is 5.91 Å². The number of carbonyl (C=O) groups excluding carboxylic acids is 2. The van der Waals surface area contributed by atoms with Crippen molar-refractivity contribution in [2.24, 2.45) is 0 Å². The maximum absolute atomic E-state index is 12.5. The molecule has 0 bridgehead atoms. The predicted octanol–water partition coefficient (Wildman–Crippen LogP) is 3.79. The third-order valence-corrected chi connectivity index (χ3v) is 6.65. The summed E-state index contributed by atoms with van der Waals surface area (Å²) in [5.41, 5.74) is 3.84. The van der Waals surface area contributed by atoms with E-state index < -0.39 is 10.0 Å². The van der Waals surface area contributed by atoms with Crippen molar-refractivity contribution >= 4 is 21.7 Å². The minimum absolute atomic E-state index is 0.0719. The smallest absolute Gasteiger partial charge is 0.251 e. The molecule has 0 fully saturated rings. The molecule has 0 unspecified atom stereocenters. The van der Waals surface area contributed by atoms with E-state index in [1.807, 2.05) is 32.0 Å². The van der Waals surface area contributed by atoms with Gasteiger partial charge in [-0.2, -0.15) is 0 Å². The number of rotatable bonds is 10. The lowest BCUT2D eigenvalue weighted by atomic mass is 10.1. The summed E-state index contributed by atoms with van der Waals surface area (Å²) in [5.74, 6) is 0.429. The summed E-state index contributed by atoms with van der Waals surface area (Å²) in [4.78, 5) is 23.8. The van der Waals surface area contributed by atoms with Gasteiger partial charge in [0.2, 0.25) is 10.0 Å². The topological polar surface area (TPSA) is 102 Å². The molecule has 0 saturated heterocycles. The van der Waals surface area contributed by atoms with Gasteiger partial charge < -0.3 is 10.1 Å². The molecule has 7 nitrogen and oxygen atoms in total. The van der Waals surface area contributed by atoms with Crippen molar-refractivity contribution in [2.45, 2.75) is 32.2 Å². The number of hydrogen-bond donors (Lipinski definition) is 2. The van der Waals surface area contributed by atoms with E-state index in [9.17, 15) is 18.0 Å². The Kier molecular flexibility index (Phi) is 8.20. The molecular weight excluding hydrogens is 452 g/mol. The Bertz CT molecular complexity index is 1270. The Morgan fingerprint density at radius 3 is 2.15 bits per heavy atom. The summed E-state index contributed by atoms with van der Waals surface area (Å²) in [5, 5.41) is 2.81. The van der Waals surface area contributed by atoms with Gasteiger partial charge in [-0.15, -0.1) is 0 Å². The highest BCUT2D eigenvalue weighted by Gasteiger charge is 2.14. The molecule has 3 aromatic carbocycles. The number of Topliss-reactive ketones (excluding diaryl/α,β-unsaturated/α-hetero) is 1. The first-order valence-corrected chi connectivity index (χ1v) is 12.3. The van der Waals surface area contributed by atoms with E-state index in [4.69, 9.17) is 4.74 Å². The zero-order chi connectivity index (χ0) is 24.7. The second-order valence-corrected chi connectivity index (χ2v) is 9.74. The average molecular weight is 481 g/mol. The fourth-order valence-corrected chi connectivity index (χ4v) is 4.31. The zero-order valence-electron chi connectivity index (χ0n) is 19.4. The van der Waals surface area contributed by atoms with Crippen molar-refractivity contribution in [3.05, 3.63) is 94.5 Å². The first kappa shape index (κ1) is 25.1. The molecule has 0 radical (unpaired) electrons. The standard InChI is InChI=1S/C26H28N2O5S/c1-18-4-13-25(19(2)16-18)33-15-14-27-26(30)23-7-5-21(6-8-23)17-28-34(31,32)24-11-9-22(10-12-24)20(3)29/h4-13,16,28H,14-15,17H2,1-3H3,(H,27,30). The Balaban J connectivity index is 1.48. The highest BCUT2D eigenvalue weighted by Crippen LogP contribution is 2.18. The lowest BCUT2D eigenvalue weighted by Crippen LogP contribution is -2.28. The maximum Gasteiger partial charge on any atom is 0.251 e. The van der Waals surface area contributed by atoms with E-state index in [2.05, 4.69) is 10.0 Å². The summed E-state index contributed by atoms with van der Waals surface area (Å²) in [6, 6.07) is 18.4. The predicted molar refractivity (Wildman–Crippen MR) is 131 cm³/mol. The molecule has 178 valence electrons. The van der Waals surface area contributed by atoms with Crippen LogP contribution < -0.4 is 14.8 Å². The van der Waals surface area contributed by atoms with Gasteiger partial charge in [0.15, 0.2) is 5.78 Å². The molecule has 0 aromatic heterocycles. The molecular formula is C26H28N2O5S. The van der Waals surface area contributed by atoms with E-state index in [1.165, 1.54) is 31.2 Å². The van der Waals surface area contributed by atoms with Gasteiger partial charge in [-0.3, -0.25) is 9.59 Å². The summed E-state index contributed by atoms with van der Waals surface area (Å²) in [6.07, 6.45) is 0. The first-order valence-electron chi connectivity index (χ1n) is 10.8. The van der Waals surface area contributed by atoms with Crippen LogP contribution in [0.25, 0.3) is 0 Å². The second kappa shape index (κ2) is 11.1. The van der Waals surface area contributed by atoms with Crippen molar-refractivity contribution in [2.75, 3.05) is 13.2 Å². The van der Waals surface area contributed by atoms with E-state index >= 15 is 0 Å². The van der Waals surface area contributed by atoms with Crippen LogP contribution in [0.1, 0.15) is 44.3 Å². The largest absolute Gasteiger partial charge is 0.491 e. The molecule has 3 aromatic rings. The number of sulfonamides is 1. The lowest BCUT2D eigenvalue weighted by molar-refractivity contribution is 0.0946. The van der Waals surface area contributed by atoms with Gasteiger partial charge in [0, 0.05) is 17.7 Å². The monoisotopic (exact) mass is 480 g/mol. The number of carbonyl (C=O) groups is 2. The molecule has 3 rings (SSSR count). The van der Waals surface area contributed by atoms with E-state index in [0.29, 0.717) is 29.8 Å². The molecule has 0 saturated carbocycles. The molecule has 0 spiro atoms. The minimum Gasteiger partial charge on any atom is -0.491 e. The molecule has 0 aliphatic carbocycles. The summed E-state index contributed by atoms with van der Waals surface area (Å²) < 4.78 is 33.2. The van der Waals surface area contributed by atoms with Crippen LogP contribution in [-0.4, -0.2) is 33.3 Å². The maximum atomic E-state index is 12.5. The highest BCUT2D eigenvalue weighted by atomic mass is 32.2. The van der Waals surface area contributed by atoms with Crippen molar-refractivity contribution in [1.29, 1.82) is 0 Å². The van der Waals surface area contributed by atoms with Crippen molar-refractivity contribution < 1.29 is 22.7 Å². The Morgan fingerprint density at radius 2 is 1.53 bits per heavy atom. The third kappa shape index (κ3) is 6.76. The normalized spacial score (nSPS) is 11.1. The third-order valence-electron chi connectivity index (χ3n) is 5.23. The number of amides is 1. The fourth-order valence-electron chi connectivity index (χ4n) is 3.29. The van der Waals surface area contributed by atoms with Gasteiger partial charge >= 0.3 is 0 Å². The van der Waals surface area contributed by atoms with Crippen LogP contribution in [0.5, 0.6) is 5.75 Å². The van der Waals surface area contributed by atoms with Crippen LogP contribution in [0, 0.1) is 13.8 Å². The molecule has 0 heterocycles. The number of ether oxygens (including phenoxy) is 1. The number of nitrogens with one attached hydrogen (secondary N) is 2. The van der Waals surface area contributed by atoms with Crippen molar-refractivity contribution in [3.8, 4) is 5.75 Å². The van der Waals surface area contributed by atoms with Crippen LogP contribution >= 0.6 is 0 Å². The van der Waals surface area contributed by atoms with Gasteiger partial charge in [-0.25, -0.2) is 13.1 Å². The lowest BCUT2D eigenvalue weighted by Gasteiger charge is -2.11. The zero-order valence-corrected chi connectivity index (χ0v) is 20.2. The molecule has 1 amide bonds. The van der Waals surface area contributed by atoms with Crippen LogP contribution in [0.15, 0.2) is 71.6 Å². The summed E-state index contributed by atoms with van der Waals surface area (Å²) >= 11 is 0. The molecule has 0 aliphatic heterocycles. The molecule has 2 N–H and O–H groups in total. The minimum atomic E-state index is -3.73. The first-order chi connectivity index (χ1) is 16.2. The van der Waals surface area contributed by atoms with E-state index in [1.54, 1.807) is 24.3 Å².